The fourth-order valence-corrected chi connectivity index (χ4v) is 4.20. The molecular formula is C20H24ClFN2OS. The number of carbonyl (C=O) groups is 1. The van der Waals surface area contributed by atoms with Gasteiger partial charge in [0.05, 0.1) is 0 Å². The quantitative estimate of drug-likeness (QED) is 0.770. The van der Waals surface area contributed by atoms with Crippen molar-refractivity contribution in [1.29, 1.82) is 0 Å². The van der Waals surface area contributed by atoms with Crippen LogP contribution in [0.15, 0.2) is 59.5 Å². The van der Waals surface area contributed by atoms with Crippen molar-refractivity contribution in [3.05, 3.63) is 66.0 Å². The Bertz CT molecular complexity index is 691. The van der Waals surface area contributed by atoms with E-state index in [0.29, 0.717) is 12.5 Å². The maximum absolute atomic E-state index is 13.2. The van der Waals surface area contributed by atoms with Crippen LogP contribution < -0.4 is 5.73 Å². The molecule has 2 aromatic carbocycles. The summed E-state index contributed by atoms with van der Waals surface area (Å²) in [7, 11) is 0. The van der Waals surface area contributed by atoms with Gasteiger partial charge in [0, 0.05) is 18.0 Å². The molecule has 1 unspecified atom stereocenters. The highest BCUT2D eigenvalue weighted by Gasteiger charge is 2.29. The van der Waals surface area contributed by atoms with E-state index < -0.39 is 0 Å². The molecule has 1 heterocycles. The molecule has 1 aliphatic rings. The minimum atomic E-state index is -0.318. The Morgan fingerprint density at radius 3 is 2.31 bits per heavy atom. The van der Waals surface area contributed by atoms with Gasteiger partial charge in [-0.15, -0.1) is 24.2 Å². The number of hydrogen-bond acceptors (Lipinski definition) is 3. The topological polar surface area (TPSA) is 46.3 Å². The molecule has 0 bridgehead atoms. The van der Waals surface area contributed by atoms with E-state index in [2.05, 4.69) is 0 Å². The molecule has 3 rings (SSSR count). The van der Waals surface area contributed by atoms with E-state index in [1.165, 1.54) is 23.9 Å². The number of carbonyl (C=O) groups excluding carboxylic acids is 1. The minimum absolute atomic E-state index is 0. The third-order valence-electron chi connectivity index (χ3n) is 4.65. The monoisotopic (exact) mass is 394 g/mol. The minimum Gasteiger partial charge on any atom is -0.341 e. The fourth-order valence-electron chi connectivity index (χ4n) is 3.09. The summed E-state index contributed by atoms with van der Waals surface area (Å²) in [4.78, 5) is 16.0. The van der Waals surface area contributed by atoms with Gasteiger partial charge in [-0.3, -0.25) is 4.79 Å². The molecule has 0 saturated carbocycles. The van der Waals surface area contributed by atoms with E-state index in [4.69, 9.17) is 5.73 Å². The van der Waals surface area contributed by atoms with E-state index >= 15 is 0 Å². The lowest BCUT2D eigenvalue weighted by Crippen LogP contribution is -2.41. The number of likely N-dealkylation sites (tertiary alicyclic amines) is 1. The Morgan fingerprint density at radius 1 is 1.12 bits per heavy atom. The van der Waals surface area contributed by atoms with Crippen LogP contribution in [0.3, 0.4) is 0 Å². The summed E-state index contributed by atoms with van der Waals surface area (Å²) < 4.78 is 13.2. The third-order valence-corrected chi connectivity index (χ3v) is 5.91. The SMILES string of the molecule is Cl.NCC1CCN(C(=O)C(Sc2ccc(F)cc2)c2ccccc2)CC1. The van der Waals surface area contributed by atoms with Gasteiger partial charge in [0.25, 0.3) is 0 Å². The van der Waals surface area contributed by atoms with Crippen molar-refractivity contribution in [3.63, 3.8) is 0 Å². The van der Waals surface area contributed by atoms with Crippen molar-refractivity contribution in [2.45, 2.75) is 23.0 Å². The maximum Gasteiger partial charge on any atom is 0.240 e. The number of rotatable bonds is 5. The van der Waals surface area contributed by atoms with Crippen molar-refractivity contribution < 1.29 is 9.18 Å². The van der Waals surface area contributed by atoms with Gasteiger partial charge < -0.3 is 10.6 Å². The molecule has 0 aliphatic carbocycles. The van der Waals surface area contributed by atoms with Crippen LogP contribution in [0, 0.1) is 11.7 Å². The predicted octanol–water partition coefficient (Wildman–Crippen LogP) is 4.28. The first-order chi connectivity index (χ1) is 12.2. The Balaban J connectivity index is 0.00000243. The Labute approximate surface area is 164 Å². The molecule has 3 nitrogen and oxygen atoms in total. The zero-order valence-corrected chi connectivity index (χ0v) is 16.1. The normalized spacial score (nSPS) is 16.0. The lowest BCUT2D eigenvalue weighted by atomic mass is 9.96. The van der Waals surface area contributed by atoms with Crippen LogP contribution in [0.2, 0.25) is 0 Å². The summed E-state index contributed by atoms with van der Waals surface area (Å²) in [5.41, 5.74) is 6.73. The highest BCUT2D eigenvalue weighted by molar-refractivity contribution is 8.00. The molecule has 1 fully saturated rings. The van der Waals surface area contributed by atoms with E-state index in [9.17, 15) is 9.18 Å². The average molecular weight is 395 g/mol. The number of thioether (sulfide) groups is 1. The highest BCUT2D eigenvalue weighted by Crippen LogP contribution is 2.37. The van der Waals surface area contributed by atoms with E-state index in [1.54, 1.807) is 12.1 Å². The van der Waals surface area contributed by atoms with Crippen molar-refractivity contribution in [1.82, 2.24) is 4.90 Å². The van der Waals surface area contributed by atoms with Crippen LogP contribution in [-0.2, 0) is 4.79 Å². The van der Waals surface area contributed by atoms with E-state index in [1.807, 2.05) is 35.2 Å². The number of amides is 1. The first-order valence-corrected chi connectivity index (χ1v) is 9.51. The third kappa shape index (κ3) is 5.22. The molecule has 6 heteroatoms. The van der Waals surface area contributed by atoms with Gasteiger partial charge in [0.2, 0.25) is 5.91 Å². The number of hydrogen-bond donors (Lipinski definition) is 1. The molecule has 1 atom stereocenters. The highest BCUT2D eigenvalue weighted by atomic mass is 35.5. The van der Waals surface area contributed by atoms with Crippen molar-refractivity contribution in [2.24, 2.45) is 11.7 Å². The van der Waals surface area contributed by atoms with E-state index in [0.717, 1.165) is 36.4 Å². The van der Waals surface area contributed by atoms with Gasteiger partial charge >= 0.3 is 0 Å². The fraction of sp³-hybridized carbons (Fsp3) is 0.350. The van der Waals surface area contributed by atoms with Crippen LogP contribution in [0.25, 0.3) is 0 Å². The van der Waals surface area contributed by atoms with Gasteiger partial charge in [-0.05, 0) is 55.1 Å². The summed E-state index contributed by atoms with van der Waals surface area (Å²) in [5, 5.41) is -0.318. The summed E-state index contributed by atoms with van der Waals surface area (Å²) in [6.07, 6.45) is 1.93. The predicted molar refractivity (Wildman–Crippen MR) is 107 cm³/mol. The number of halogens is 2. The Hall–Kier alpha value is -1.56. The molecule has 2 N–H and O–H groups in total. The largest absolute Gasteiger partial charge is 0.341 e. The Morgan fingerprint density at radius 2 is 1.73 bits per heavy atom. The molecule has 2 aromatic rings. The molecule has 26 heavy (non-hydrogen) atoms. The molecule has 0 radical (unpaired) electrons. The van der Waals surface area contributed by atoms with Gasteiger partial charge in [-0.2, -0.15) is 0 Å². The molecule has 0 aromatic heterocycles. The van der Waals surface area contributed by atoms with Gasteiger partial charge in [0.15, 0.2) is 0 Å². The zero-order chi connectivity index (χ0) is 17.6. The van der Waals surface area contributed by atoms with Crippen LogP contribution in [-0.4, -0.2) is 30.4 Å². The number of nitrogens with zero attached hydrogens (tertiary/aromatic N) is 1. The molecule has 1 amide bonds. The molecular weight excluding hydrogens is 371 g/mol. The lowest BCUT2D eigenvalue weighted by molar-refractivity contribution is -0.132. The summed E-state index contributed by atoms with van der Waals surface area (Å²) >= 11 is 1.48. The zero-order valence-electron chi connectivity index (χ0n) is 14.5. The Kier molecular flexibility index (Phi) is 7.94. The first-order valence-electron chi connectivity index (χ1n) is 8.63. The van der Waals surface area contributed by atoms with Crippen molar-refractivity contribution in [2.75, 3.05) is 19.6 Å². The van der Waals surface area contributed by atoms with Crippen molar-refractivity contribution >= 4 is 30.1 Å². The summed E-state index contributed by atoms with van der Waals surface area (Å²) in [5.74, 6) is 0.371. The smallest absolute Gasteiger partial charge is 0.240 e. The van der Waals surface area contributed by atoms with Gasteiger partial charge in [-0.25, -0.2) is 4.39 Å². The second-order valence-corrected chi connectivity index (χ2v) is 7.55. The number of nitrogens with two attached hydrogens (primary N) is 1. The number of piperidine rings is 1. The van der Waals surface area contributed by atoms with Crippen LogP contribution in [0.1, 0.15) is 23.7 Å². The second kappa shape index (κ2) is 9.95. The van der Waals surface area contributed by atoms with E-state index in [-0.39, 0.29) is 29.4 Å². The standard InChI is InChI=1S/C20H23FN2OS.ClH/c21-17-6-8-18(9-7-17)25-19(16-4-2-1-3-5-16)20(24)23-12-10-15(14-22)11-13-23;/h1-9,15,19H,10-14,22H2;1H. The summed E-state index contributed by atoms with van der Waals surface area (Å²) in [6, 6.07) is 16.1. The maximum atomic E-state index is 13.2. The lowest BCUT2D eigenvalue weighted by Gasteiger charge is -2.33. The molecule has 1 aliphatic heterocycles. The van der Waals surface area contributed by atoms with Crippen LogP contribution in [0.4, 0.5) is 4.39 Å². The average Bonchev–Trinajstić information content (AvgIpc) is 2.68. The van der Waals surface area contributed by atoms with Crippen LogP contribution in [0.5, 0.6) is 0 Å². The van der Waals surface area contributed by atoms with Gasteiger partial charge in [-0.1, -0.05) is 30.3 Å². The summed E-state index contributed by atoms with van der Waals surface area (Å²) in [6.45, 7) is 2.20. The first kappa shape index (κ1) is 20.7. The van der Waals surface area contributed by atoms with Crippen LogP contribution >= 0.6 is 24.2 Å². The molecule has 0 spiro atoms. The van der Waals surface area contributed by atoms with Gasteiger partial charge in [0.1, 0.15) is 11.1 Å². The second-order valence-electron chi connectivity index (χ2n) is 6.37. The molecule has 140 valence electrons. The molecule has 1 saturated heterocycles. The van der Waals surface area contributed by atoms with Crippen molar-refractivity contribution in [3.8, 4) is 0 Å². The number of benzene rings is 2.